The number of benzene rings is 2. The summed E-state index contributed by atoms with van der Waals surface area (Å²) < 4.78 is 12.3. The normalized spacial score (nSPS) is 23.6. The number of aliphatic hydroxyl groups is 3. The number of phenolic OH excluding ortho intramolecular Hbond substituents is 2. The molecule has 5 bridgehead atoms. The summed E-state index contributed by atoms with van der Waals surface area (Å²) in [5, 5.41) is 52.9. The second-order valence-electron chi connectivity index (χ2n) is 19.7. The molecule has 6 heterocycles. The van der Waals surface area contributed by atoms with Crippen molar-refractivity contribution in [3.63, 3.8) is 0 Å². The summed E-state index contributed by atoms with van der Waals surface area (Å²) in [6.07, 6.45) is 10.7. The lowest BCUT2D eigenvalue weighted by atomic mass is 9.93. The molecule has 2 aromatic carbocycles. The number of fused-ring (bicyclic) bond motifs is 13. The van der Waals surface area contributed by atoms with E-state index in [4.69, 9.17) is 29.7 Å². The number of aliphatic hydroxyl groups excluding tert-OH is 3. The minimum atomic E-state index is -0.906. The maximum atomic E-state index is 14.6. The first-order valence-corrected chi connectivity index (χ1v) is 26.2. The molecule has 4 atom stereocenters. The van der Waals surface area contributed by atoms with E-state index in [1.807, 2.05) is 45.9 Å². The number of piperidine rings is 1. The van der Waals surface area contributed by atoms with Gasteiger partial charge in [0.1, 0.15) is 35.1 Å². The Labute approximate surface area is 432 Å². The molecule has 2 saturated heterocycles. The lowest BCUT2D eigenvalue weighted by Crippen LogP contribution is -2.49. The van der Waals surface area contributed by atoms with Crippen molar-refractivity contribution >= 4 is 40.0 Å². The Bertz CT molecular complexity index is 2480. The molecule has 1 spiro atoms. The first kappa shape index (κ1) is 60.1. The van der Waals surface area contributed by atoms with Gasteiger partial charge in [-0.1, -0.05) is 71.6 Å². The number of hydrogen-bond donors (Lipinski definition) is 6. The third-order valence-corrected chi connectivity index (χ3v) is 13.8. The van der Waals surface area contributed by atoms with E-state index in [-0.39, 0.29) is 68.5 Å². The second-order valence-corrected chi connectivity index (χ2v) is 19.7. The zero-order chi connectivity index (χ0) is 54.2. The van der Waals surface area contributed by atoms with Gasteiger partial charge in [-0.05, 0) is 76.7 Å². The fourth-order valence-electron chi connectivity index (χ4n) is 10.1. The number of allylic oxidation sites excluding steroid dienone is 4. The highest BCUT2D eigenvalue weighted by Crippen LogP contribution is 2.48. The molecule has 2 fully saturated rings. The summed E-state index contributed by atoms with van der Waals surface area (Å²) in [5.41, 5.74) is 0.957. The molecule has 0 radical (unpaired) electrons. The summed E-state index contributed by atoms with van der Waals surface area (Å²) in [6, 6.07) is 0. The topological polar surface area (TPSA) is 234 Å². The number of ketones is 1. The maximum Gasteiger partial charge on any atom is 0.315 e. The fraction of sp³-hybridized carbons (Fsp3) is 0.607. The monoisotopic (exact) mass is 1020 g/mol. The van der Waals surface area contributed by atoms with Crippen molar-refractivity contribution in [3.8, 4) is 17.2 Å². The number of hydrogen-bond acceptors (Lipinski definition) is 15. The number of esters is 1. The average Bonchev–Trinajstić information content (AvgIpc) is 3.91. The third kappa shape index (κ3) is 15.1. The Kier molecular flexibility index (Phi) is 23.3. The van der Waals surface area contributed by atoms with Crippen LogP contribution >= 0.6 is 0 Å². The number of nitrogens with zero attached hydrogens (tertiary/aromatic N) is 5. The zero-order valence-corrected chi connectivity index (χ0v) is 45.1. The highest BCUT2D eigenvalue weighted by Gasteiger charge is 2.42. The molecule has 6 aliphatic heterocycles. The largest absolute Gasteiger partial charge is 0.507 e. The molecule has 8 rings (SSSR count). The molecule has 6 N–H and O–H groups in total. The van der Waals surface area contributed by atoms with Crippen molar-refractivity contribution in [2.75, 3.05) is 71.9 Å². The number of Topliss-reactive ketones (excluding diaryl/α,β-unsaturated/α-hetero) is 1. The minimum Gasteiger partial charge on any atom is -0.507 e. The van der Waals surface area contributed by atoms with Crippen molar-refractivity contribution in [2.24, 2.45) is 21.8 Å². The summed E-state index contributed by atoms with van der Waals surface area (Å²) in [5.74, 6) is -1.70. The molecule has 73 heavy (non-hydrogen) atoms. The van der Waals surface area contributed by atoms with Gasteiger partial charge in [0, 0.05) is 102 Å². The van der Waals surface area contributed by atoms with Crippen LogP contribution in [0.15, 0.2) is 58.1 Å². The number of carbonyl (C=O) groups is 4. The molecule has 2 amide bonds. The highest BCUT2D eigenvalue weighted by molar-refractivity contribution is 6.18. The van der Waals surface area contributed by atoms with E-state index in [1.165, 1.54) is 0 Å². The molecule has 0 aromatic heterocycles. The minimum absolute atomic E-state index is 0.000184. The number of carbonyl (C=O) groups excluding carboxylic acids is 4. The quantitative estimate of drug-likeness (QED) is 0.0749. The van der Waals surface area contributed by atoms with E-state index in [1.54, 1.807) is 30.9 Å². The summed E-state index contributed by atoms with van der Waals surface area (Å²) in [4.78, 5) is 71.7. The van der Waals surface area contributed by atoms with Crippen molar-refractivity contribution in [1.82, 2.24) is 14.7 Å². The van der Waals surface area contributed by atoms with E-state index in [2.05, 4.69) is 35.5 Å². The lowest BCUT2D eigenvalue weighted by molar-refractivity contribution is -0.155. The van der Waals surface area contributed by atoms with Gasteiger partial charge in [0.25, 0.3) is 5.91 Å². The number of aromatic hydroxyl groups is 2. The van der Waals surface area contributed by atoms with Crippen LogP contribution in [0.4, 0.5) is 5.69 Å². The smallest absolute Gasteiger partial charge is 0.315 e. The Balaban J connectivity index is 0.00000186. The van der Waals surface area contributed by atoms with Crippen LogP contribution in [0, 0.1) is 18.8 Å². The van der Waals surface area contributed by atoms with Crippen LogP contribution in [0.5, 0.6) is 17.2 Å². The van der Waals surface area contributed by atoms with Crippen LogP contribution < -0.4 is 20.8 Å². The van der Waals surface area contributed by atoms with Gasteiger partial charge in [-0.3, -0.25) is 34.1 Å². The fourth-order valence-corrected chi connectivity index (χ4v) is 10.1. The molecular formula is C56H84N6O11. The Morgan fingerprint density at radius 1 is 0.918 bits per heavy atom. The van der Waals surface area contributed by atoms with Crippen molar-refractivity contribution in [2.45, 2.75) is 144 Å². The molecule has 17 nitrogen and oxygen atoms in total. The second kappa shape index (κ2) is 28.3. The molecular weight excluding hydrogens is 933 g/mol. The summed E-state index contributed by atoms with van der Waals surface area (Å²) in [7, 11) is 2.00. The molecule has 0 unspecified atom stereocenters. The van der Waals surface area contributed by atoms with Gasteiger partial charge in [-0.15, -0.1) is 0 Å². The zero-order valence-electron chi connectivity index (χ0n) is 45.1. The van der Waals surface area contributed by atoms with Crippen molar-refractivity contribution in [3.05, 3.63) is 69.9 Å². The van der Waals surface area contributed by atoms with E-state index >= 15 is 0 Å². The van der Waals surface area contributed by atoms with Crippen LogP contribution in [0.25, 0.3) is 10.8 Å². The first-order chi connectivity index (χ1) is 35.0. The van der Waals surface area contributed by atoms with Gasteiger partial charge in [-0.25, -0.2) is 0 Å². The first-order valence-electron chi connectivity index (χ1n) is 26.2. The predicted octanol–water partition coefficient (Wildman–Crippen LogP) is 6.21. The predicted molar refractivity (Wildman–Crippen MR) is 284 cm³/mol. The van der Waals surface area contributed by atoms with Gasteiger partial charge in [0.15, 0.2) is 17.5 Å². The Hall–Kier alpha value is -5.46. The summed E-state index contributed by atoms with van der Waals surface area (Å²) >= 11 is 0. The van der Waals surface area contributed by atoms with Gasteiger partial charge >= 0.3 is 5.97 Å². The summed E-state index contributed by atoms with van der Waals surface area (Å²) in [6.45, 7) is 25.2. The number of piperazine rings is 1. The number of anilines is 1. The SMILES string of the molecule is C=C(/C=C\C)CN1CCN(C(=O)CC(=O)O[C@@H]2CCCC[C@H]3Oc4c(C)c(O)c5c(O)c(c6c(c5c4C3=O)=NC3(CCN(CC(C)C)CC3)N=6)NC(=O)/C(C)=C\C=C\[C@H](C)CC[C@@H](O)C2)CC1.CC.CO.CO. The molecule has 0 saturated carbocycles. The number of ether oxygens (including phenoxy) is 2. The van der Waals surface area contributed by atoms with Crippen LogP contribution in [0.1, 0.15) is 129 Å². The van der Waals surface area contributed by atoms with E-state index in [9.17, 15) is 34.5 Å². The Morgan fingerprint density at radius 2 is 1.56 bits per heavy atom. The average molecular weight is 1020 g/mol. The Morgan fingerprint density at radius 3 is 2.21 bits per heavy atom. The lowest BCUT2D eigenvalue weighted by Gasteiger charge is -2.36. The molecule has 404 valence electrons. The van der Waals surface area contributed by atoms with Gasteiger partial charge in [0.05, 0.1) is 22.4 Å². The molecule has 2 aromatic rings. The molecule has 0 aliphatic carbocycles. The van der Waals surface area contributed by atoms with Crippen LogP contribution in [-0.4, -0.2) is 154 Å². The number of likely N-dealkylation sites (tertiary alicyclic amines) is 1. The number of phenols is 2. The van der Waals surface area contributed by atoms with Crippen molar-refractivity contribution in [1.29, 1.82) is 0 Å². The standard InChI is InChI=1S/C52H70N6O9.C2H6.2CH4O/c1-8-12-33(5)30-57-23-25-58(26-24-57)39(60)28-40(61)66-37-15-9-10-16-38-48(63)43-41-42(47(62)35(7)50(43)67-38)49(64)46(53-51(65)34(6)14-11-13-32(4)17-18-36(59)27-37)45-44(41)54-52(55-45)19-21-56(22-20-52)29-31(2)3;3*1-2/h8,11-14,31-32,36-38,59,62,64H,5,9-10,15-30H2,1-4,6-7H3,(H,53,65);1-2H3;2*2H,1H3/b12-8-,13-11+,34-14-;;;/t32-,36+,37+,38+;;;/m0.../s1. The van der Waals surface area contributed by atoms with E-state index in [0.717, 1.165) is 46.0 Å². The molecule has 17 heteroatoms. The van der Waals surface area contributed by atoms with Crippen molar-refractivity contribution < 1.29 is 54.2 Å². The van der Waals surface area contributed by atoms with Crippen LogP contribution in [0.3, 0.4) is 0 Å². The van der Waals surface area contributed by atoms with Crippen LogP contribution in [-0.2, 0) is 19.1 Å². The highest BCUT2D eigenvalue weighted by atomic mass is 16.5. The number of amides is 2. The third-order valence-electron chi connectivity index (χ3n) is 13.8. The van der Waals surface area contributed by atoms with Gasteiger partial charge in [-0.2, -0.15) is 0 Å². The number of rotatable bonds is 8. The van der Waals surface area contributed by atoms with E-state index in [0.29, 0.717) is 94.4 Å². The number of nitrogens with one attached hydrogen (secondary N) is 1. The van der Waals surface area contributed by atoms with Crippen LogP contribution in [0.2, 0.25) is 0 Å². The van der Waals surface area contributed by atoms with Gasteiger partial charge < -0.3 is 50.1 Å². The van der Waals surface area contributed by atoms with E-state index < -0.39 is 48.0 Å². The van der Waals surface area contributed by atoms with Gasteiger partial charge in [0.2, 0.25) is 11.7 Å². The molecule has 6 aliphatic rings. The maximum absolute atomic E-state index is 14.6.